The van der Waals surface area contributed by atoms with Crippen molar-refractivity contribution in [3.63, 3.8) is 0 Å². The molecule has 0 saturated carbocycles. The molecular weight excluding hydrogens is 190 g/mol. The first-order valence-electron chi connectivity index (χ1n) is 5.00. The molecule has 1 nitrogen and oxygen atoms in total. The van der Waals surface area contributed by atoms with Crippen LogP contribution in [0, 0.1) is 0 Å². The number of rotatable bonds is 3. The molecule has 0 bridgehead atoms. The summed E-state index contributed by atoms with van der Waals surface area (Å²) in [5.41, 5.74) is 1.38. The molecule has 0 N–H and O–H groups in total. The van der Waals surface area contributed by atoms with Crippen LogP contribution < -0.4 is 0 Å². The van der Waals surface area contributed by atoms with Crippen LogP contribution in [0.25, 0.3) is 0 Å². The minimum absolute atomic E-state index is 1.02. The van der Waals surface area contributed by atoms with Gasteiger partial charge in [-0.15, -0.1) is 11.8 Å². The van der Waals surface area contributed by atoms with Gasteiger partial charge in [-0.3, -0.25) is 0 Å². The monoisotopic (exact) mass is 211 g/mol. The number of thioether (sulfide) groups is 1. The molecule has 0 aliphatic heterocycles. The first-order chi connectivity index (χ1) is 6.72. The Bertz CT molecular complexity index is 246. The third kappa shape index (κ3) is 5.30. The Morgan fingerprint density at radius 3 is 2.36 bits per heavy atom. The first kappa shape index (κ1) is 13.5. The normalized spacial score (nSPS) is 9.57. The van der Waals surface area contributed by atoms with Crippen molar-refractivity contribution < 1.29 is 0 Å². The van der Waals surface area contributed by atoms with Crippen molar-refractivity contribution in [2.24, 2.45) is 0 Å². The predicted molar refractivity (Wildman–Crippen MR) is 67.0 cm³/mol. The number of nitrogens with zero attached hydrogens (tertiary/aromatic N) is 1. The van der Waals surface area contributed by atoms with Gasteiger partial charge in [0.05, 0.1) is 0 Å². The lowest BCUT2D eigenvalue weighted by Crippen LogP contribution is -2.10. The Hall–Kier alpha value is -0.470. The summed E-state index contributed by atoms with van der Waals surface area (Å²) >= 11 is 1.79. The van der Waals surface area contributed by atoms with E-state index in [4.69, 9.17) is 0 Å². The van der Waals surface area contributed by atoms with E-state index in [0.29, 0.717) is 0 Å². The first-order valence-corrected chi connectivity index (χ1v) is 6.22. The van der Waals surface area contributed by atoms with E-state index in [1.807, 2.05) is 13.8 Å². The van der Waals surface area contributed by atoms with Crippen LogP contribution in [0.5, 0.6) is 0 Å². The third-order valence-corrected chi connectivity index (χ3v) is 2.36. The van der Waals surface area contributed by atoms with Crippen LogP contribution in [0.4, 0.5) is 0 Å². The Morgan fingerprint density at radius 1 is 1.21 bits per heavy atom. The van der Waals surface area contributed by atoms with Gasteiger partial charge in [0.15, 0.2) is 0 Å². The molecule has 80 valence electrons. The highest BCUT2D eigenvalue weighted by Gasteiger charge is 1.95. The summed E-state index contributed by atoms with van der Waals surface area (Å²) in [6.07, 6.45) is 2.11. The largest absolute Gasteiger partial charge is 0.305 e. The SMILES string of the molecule is CC.CSc1cccc(CN(C)C)c1. The number of hydrogen-bond donors (Lipinski definition) is 0. The maximum Gasteiger partial charge on any atom is 0.0228 e. The minimum atomic E-state index is 1.02. The maximum atomic E-state index is 2.24. The maximum absolute atomic E-state index is 2.24. The summed E-state index contributed by atoms with van der Waals surface area (Å²) in [7, 11) is 4.18. The standard InChI is InChI=1S/C10H15NS.C2H6/c1-11(2)8-9-5-4-6-10(7-9)12-3;1-2/h4-7H,8H2,1-3H3;1-2H3. The highest BCUT2D eigenvalue weighted by atomic mass is 32.2. The van der Waals surface area contributed by atoms with Gasteiger partial charge < -0.3 is 4.90 Å². The molecule has 1 aromatic rings. The van der Waals surface area contributed by atoms with E-state index in [0.717, 1.165) is 6.54 Å². The van der Waals surface area contributed by atoms with Crippen molar-refractivity contribution in [1.82, 2.24) is 4.90 Å². The van der Waals surface area contributed by atoms with Gasteiger partial charge in [0.25, 0.3) is 0 Å². The topological polar surface area (TPSA) is 3.24 Å². The van der Waals surface area contributed by atoms with Gasteiger partial charge in [0.1, 0.15) is 0 Å². The summed E-state index contributed by atoms with van der Waals surface area (Å²) < 4.78 is 0. The zero-order chi connectivity index (χ0) is 11.0. The van der Waals surface area contributed by atoms with Crippen LogP contribution in [0.1, 0.15) is 19.4 Å². The molecule has 0 spiro atoms. The van der Waals surface area contributed by atoms with Crippen molar-refractivity contribution in [3.8, 4) is 0 Å². The van der Waals surface area contributed by atoms with E-state index < -0.39 is 0 Å². The molecule has 0 atom stereocenters. The van der Waals surface area contributed by atoms with Crippen molar-refractivity contribution in [1.29, 1.82) is 0 Å². The Kier molecular flexibility index (Phi) is 7.63. The Labute approximate surface area is 92.5 Å². The molecule has 0 heterocycles. The smallest absolute Gasteiger partial charge is 0.0228 e. The highest BCUT2D eigenvalue weighted by molar-refractivity contribution is 7.98. The minimum Gasteiger partial charge on any atom is -0.305 e. The van der Waals surface area contributed by atoms with Gasteiger partial charge in [-0.05, 0) is 38.0 Å². The zero-order valence-electron chi connectivity index (χ0n) is 9.87. The fraction of sp³-hybridized carbons (Fsp3) is 0.500. The molecule has 0 fully saturated rings. The molecule has 1 aromatic carbocycles. The Balaban J connectivity index is 0.000000791. The molecule has 0 saturated heterocycles. The van der Waals surface area contributed by atoms with Crippen LogP contribution in [-0.2, 0) is 6.54 Å². The molecular formula is C12H21NS. The number of hydrogen-bond acceptors (Lipinski definition) is 2. The lowest BCUT2D eigenvalue weighted by Gasteiger charge is -2.09. The summed E-state index contributed by atoms with van der Waals surface area (Å²) in [5.74, 6) is 0. The zero-order valence-corrected chi connectivity index (χ0v) is 10.7. The summed E-state index contributed by atoms with van der Waals surface area (Å²) in [4.78, 5) is 3.52. The molecule has 0 aliphatic rings. The van der Waals surface area contributed by atoms with Crippen LogP contribution in [-0.4, -0.2) is 25.3 Å². The number of benzene rings is 1. The van der Waals surface area contributed by atoms with Crippen molar-refractivity contribution >= 4 is 11.8 Å². The van der Waals surface area contributed by atoms with Crippen LogP contribution in [0.2, 0.25) is 0 Å². The van der Waals surface area contributed by atoms with Crippen LogP contribution in [0.3, 0.4) is 0 Å². The van der Waals surface area contributed by atoms with Crippen molar-refractivity contribution in [3.05, 3.63) is 29.8 Å². The van der Waals surface area contributed by atoms with E-state index in [2.05, 4.69) is 49.5 Å². The van der Waals surface area contributed by atoms with Gasteiger partial charge in [-0.1, -0.05) is 26.0 Å². The van der Waals surface area contributed by atoms with Gasteiger partial charge >= 0.3 is 0 Å². The average Bonchev–Trinajstić information content (AvgIpc) is 2.20. The lowest BCUT2D eigenvalue weighted by molar-refractivity contribution is 0.402. The van der Waals surface area contributed by atoms with Gasteiger partial charge in [-0.25, -0.2) is 0 Å². The quantitative estimate of drug-likeness (QED) is 0.704. The highest BCUT2D eigenvalue weighted by Crippen LogP contribution is 2.16. The van der Waals surface area contributed by atoms with E-state index in [9.17, 15) is 0 Å². The molecule has 0 radical (unpaired) electrons. The predicted octanol–water partition coefficient (Wildman–Crippen LogP) is 3.50. The second kappa shape index (κ2) is 7.89. The van der Waals surface area contributed by atoms with Crippen molar-refractivity contribution in [2.45, 2.75) is 25.3 Å². The average molecular weight is 211 g/mol. The lowest BCUT2D eigenvalue weighted by atomic mass is 10.2. The van der Waals surface area contributed by atoms with E-state index in [1.54, 1.807) is 11.8 Å². The molecule has 0 unspecified atom stereocenters. The molecule has 1 rings (SSSR count). The van der Waals surface area contributed by atoms with Crippen LogP contribution >= 0.6 is 11.8 Å². The second-order valence-corrected chi connectivity index (χ2v) is 3.97. The van der Waals surface area contributed by atoms with Crippen molar-refractivity contribution in [2.75, 3.05) is 20.4 Å². The summed E-state index contributed by atoms with van der Waals surface area (Å²) in [5, 5.41) is 0. The second-order valence-electron chi connectivity index (χ2n) is 3.09. The van der Waals surface area contributed by atoms with Gasteiger partial charge in [0, 0.05) is 11.4 Å². The van der Waals surface area contributed by atoms with Gasteiger partial charge in [-0.2, -0.15) is 0 Å². The van der Waals surface area contributed by atoms with E-state index in [-0.39, 0.29) is 0 Å². The summed E-state index contributed by atoms with van der Waals surface area (Å²) in [6, 6.07) is 8.67. The fourth-order valence-electron chi connectivity index (χ4n) is 1.14. The molecule has 0 aromatic heterocycles. The third-order valence-electron chi connectivity index (χ3n) is 1.63. The van der Waals surface area contributed by atoms with Crippen LogP contribution in [0.15, 0.2) is 29.2 Å². The van der Waals surface area contributed by atoms with Gasteiger partial charge in [0.2, 0.25) is 0 Å². The molecule has 0 aliphatic carbocycles. The molecule has 14 heavy (non-hydrogen) atoms. The van der Waals surface area contributed by atoms with E-state index in [1.165, 1.54) is 10.5 Å². The molecule has 2 heteroatoms. The fourth-order valence-corrected chi connectivity index (χ4v) is 1.62. The Morgan fingerprint density at radius 2 is 1.86 bits per heavy atom. The molecule has 0 amide bonds. The van der Waals surface area contributed by atoms with E-state index >= 15 is 0 Å². The summed E-state index contributed by atoms with van der Waals surface area (Å²) in [6.45, 7) is 5.02.